The van der Waals surface area contributed by atoms with Gasteiger partial charge in [-0.2, -0.15) is 5.10 Å². The molecule has 3 aromatic rings. The van der Waals surface area contributed by atoms with E-state index in [4.69, 9.17) is 4.42 Å². The van der Waals surface area contributed by atoms with E-state index in [0.29, 0.717) is 31.4 Å². The topological polar surface area (TPSA) is 80.2 Å². The van der Waals surface area contributed by atoms with Crippen LogP contribution in [-0.4, -0.2) is 43.1 Å². The highest BCUT2D eigenvalue weighted by molar-refractivity contribution is 5.15. The van der Waals surface area contributed by atoms with Crippen molar-refractivity contribution in [3.8, 4) is 0 Å². The van der Waals surface area contributed by atoms with Crippen LogP contribution in [0.1, 0.15) is 22.9 Å². The summed E-state index contributed by atoms with van der Waals surface area (Å²) in [4.78, 5) is 2.05. The van der Waals surface area contributed by atoms with Crippen LogP contribution in [0, 0.1) is 6.92 Å². The van der Waals surface area contributed by atoms with Crippen molar-refractivity contribution < 1.29 is 9.52 Å². The highest BCUT2D eigenvalue weighted by Gasteiger charge is 2.12. The molecule has 0 atom stereocenters. The van der Waals surface area contributed by atoms with E-state index in [2.05, 4.69) is 32.3 Å². The van der Waals surface area contributed by atoms with Crippen molar-refractivity contribution in [2.45, 2.75) is 26.6 Å². The molecule has 24 heavy (non-hydrogen) atoms. The van der Waals surface area contributed by atoms with Crippen molar-refractivity contribution in [3.63, 3.8) is 0 Å². The van der Waals surface area contributed by atoms with Gasteiger partial charge in [-0.1, -0.05) is 30.3 Å². The Morgan fingerprint density at radius 2 is 1.96 bits per heavy atom. The summed E-state index contributed by atoms with van der Waals surface area (Å²) >= 11 is 0. The van der Waals surface area contributed by atoms with E-state index >= 15 is 0 Å². The molecule has 7 heteroatoms. The SMILES string of the molecule is Cc1nnc(CN(CCO)Cc2cnn(Cc3ccccc3)c2)o1. The summed E-state index contributed by atoms with van der Waals surface area (Å²) in [6.45, 7) is 4.28. The summed E-state index contributed by atoms with van der Waals surface area (Å²) in [5.74, 6) is 1.10. The molecule has 2 aromatic heterocycles. The van der Waals surface area contributed by atoms with Gasteiger partial charge < -0.3 is 9.52 Å². The number of rotatable bonds is 8. The fourth-order valence-corrected chi connectivity index (χ4v) is 2.55. The Balaban J connectivity index is 1.62. The standard InChI is InChI=1S/C17H21N5O2/c1-14-19-20-17(24-14)13-21(7-8-23)10-16-9-18-22(12-16)11-15-5-3-2-4-6-15/h2-6,9,12,23H,7-8,10-11,13H2,1H3. The predicted molar refractivity (Wildman–Crippen MR) is 88.0 cm³/mol. The van der Waals surface area contributed by atoms with Crippen LogP contribution in [0.15, 0.2) is 47.1 Å². The van der Waals surface area contributed by atoms with Crippen molar-refractivity contribution in [2.24, 2.45) is 0 Å². The molecule has 1 N–H and O–H groups in total. The molecule has 2 heterocycles. The minimum absolute atomic E-state index is 0.0747. The Labute approximate surface area is 140 Å². The first-order valence-electron chi connectivity index (χ1n) is 7.90. The van der Waals surface area contributed by atoms with Gasteiger partial charge in [0.15, 0.2) is 0 Å². The van der Waals surface area contributed by atoms with E-state index in [1.54, 1.807) is 6.92 Å². The van der Waals surface area contributed by atoms with Crippen LogP contribution >= 0.6 is 0 Å². The molecular weight excluding hydrogens is 306 g/mol. The molecule has 7 nitrogen and oxygen atoms in total. The molecule has 126 valence electrons. The van der Waals surface area contributed by atoms with Gasteiger partial charge in [-0.3, -0.25) is 9.58 Å². The van der Waals surface area contributed by atoms with Gasteiger partial charge in [0.2, 0.25) is 11.8 Å². The van der Waals surface area contributed by atoms with E-state index in [1.165, 1.54) is 5.56 Å². The van der Waals surface area contributed by atoms with Crippen LogP contribution in [0.25, 0.3) is 0 Å². The van der Waals surface area contributed by atoms with Gasteiger partial charge in [-0.15, -0.1) is 10.2 Å². The maximum atomic E-state index is 9.27. The molecule has 0 aliphatic heterocycles. The third-order valence-electron chi connectivity index (χ3n) is 3.62. The third-order valence-corrected chi connectivity index (χ3v) is 3.62. The van der Waals surface area contributed by atoms with Crippen LogP contribution < -0.4 is 0 Å². The lowest BCUT2D eigenvalue weighted by Crippen LogP contribution is -2.26. The molecule has 0 aliphatic rings. The van der Waals surface area contributed by atoms with Crippen molar-refractivity contribution in [1.29, 1.82) is 0 Å². The molecule has 0 saturated carbocycles. The van der Waals surface area contributed by atoms with E-state index in [1.807, 2.05) is 35.3 Å². The molecule has 0 aliphatic carbocycles. The van der Waals surface area contributed by atoms with Gasteiger partial charge in [0.05, 0.1) is 25.9 Å². The van der Waals surface area contributed by atoms with E-state index in [0.717, 1.165) is 12.1 Å². The van der Waals surface area contributed by atoms with Crippen LogP contribution in [0.5, 0.6) is 0 Å². The van der Waals surface area contributed by atoms with Gasteiger partial charge in [0.1, 0.15) is 0 Å². The Morgan fingerprint density at radius 1 is 1.12 bits per heavy atom. The van der Waals surface area contributed by atoms with Crippen molar-refractivity contribution in [2.75, 3.05) is 13.2 Å². The molecular formula is C17H21N5O2. The average Bonchev–Trinajstić information content (AvgIpc) is 3.18. The van der Waals surface area contributed by atoms with Gasteiger partial charge in [-0.05, 0) is 5.56 Å². The summed E-state index contributed by atoms with van der Waals surface area (Å²) in [5, 5.41) is 21.5. The second kappa shape index (κ2) is 7.85. The Hall–Kier alpha value is -2.51. The molecule has 1 aromatic carbocycles. The number of hydrogen-bond acceptors (Lipinski definition) is 6. The number of aromatic nitrogens is 4. The molecule has 3 rings (SSSR count). The molecule has 0 unspecified atom stereocenters. The second-order valence-corrected chi connectivity index (χ2v) is 5.68. The molecule has 0 amide bonds. The molecule has 0 bridgehead atoms. The number of aryl methyl sites for hydroxylation is 1. The summed E-state index contributed by atoms with van der Waals surface area (Å²) in [6, 6.07) is 10.2. The predicted octanol–water partition coefficient (Wildman–Crippen LogP) is 1.62. The Morgan fingerprint density at radius 3 is 2.67 bits per heavy atom. The highest BCUT2D eigenvalue weighted by Crippen LogP contribution is 2.10. The van der Waals surface area contributed by atoms with E-state index in [-0.39, 0.29) is 6.61 Å². The summed E-state index contributed by atoms with van der Waals surface area (Å²) in [5.41, 5.74) is 2.29. The summed E-state index contributed by atoms with van der Waals surface area (Å²) in [7, 11) is 0. The number of nitrogens with zero attached hydrogens (tertiary/aromatic N) is 5. The van der Waals surface area contributed by atoms with Crippen molar-refractivity contribution in [3.05, 3.63) is 65.6 Å². The monoisotopic (exact) mass is 327 g/mol. The maximum absolute atomic E-state index is 9.27. The first kappa shape index (κ1) is 16.4. The first-order chi connectivity index (χ1) is 11.7. The number of benzene rings is 1. The summed E-state index contributed by atoms with van der Waals surface area (Å²) in [6.07, 6.45) is 3.88. The lowest BCUT2D eigenvalue weighted by molar-refractivity contribution is 0.172. The van der Waals surface area contributed by atoms with Crippen LogP contribution in [0.2, 0.25) is 0 Å². The van der Waals surface area contributed by atoms with Crippen molar-refractivity contribution in [1.82, 2.24) is 24.9 Å². The van der Waals surface area contributed by atoms with E-state index < -0.39 is 0 Å². The number of hydrogen-bond donors (Lipinski definition) is 1. The lowest BCUT2D eigenvalue weighted by atomic mass is 10.2. The van der Waals surface area contributed by atoms with E-state index in [9.17, 15) is 5.11 Å². The fourth-order valence-electron chi connectivity index (χ4n) is 2.55. The Bertz CT molecular complexity index is 753. The molecule has 0 fully saturated rings. The normalized spacial score (nSPS) is 11.3. The second-order valence-electron chi connectivity index (χ2n) is 5.68. The van der Waals surface area contributed by atoms with Crippen molar-refractivity contribution >= 4 is 0 Å². The van der Waals surface area contributed by atoms with Gasteiger partial charge in [0.25, 0.3) is 0 Å². The van der Waals surface area contributed by atoms with Gasteiger partial charge in [-0.25, -0.2) is 0 Å². The number of aliphatic hydroxyl groups is 1. The minimum Gasteiger partial charge on any atom is -0.424 e. The number of aliphatic hydroxyl groups excluding tert-OH is 1. The maximum Gasteiger partial charge on any atom is 0.230 e. The highest BCUT2D eigenvalue weighted by atomic mass is 16.4. The molecule has 0 saturated heterocycles. The molecule has 0 radical (unpaired) electrons. The average molecular weight is 327 g/mol. The van der Waals surface area contributed by atoms with Crippen LogP contribution in [0.3, 0.4) is 0 Å². The third kappa shape index (κ3) is 4.50. The largest absolute Gasteiger partial charge is 0.424 e. The zero-order valence-corrected chi connectivity index (χ0v) is 13.7. The first-order valence-corrected chi connectivity index (χ1v) is 7.90. The smallest absolute Gasteiger partial charge is 0.230 e. The fraction of sp³-hybridized carbons (Fsp3) is 0.353. The van der Waals surface area contributed by atoms with Crippen LogP contribution in [-0.2, 0) is 19.6 Å². The van der Waals surface area contributed by atoms with Crippen LogP contribution in [0.4, 0.5) is 0 Å². The molecule has 0 spiro atoms. The minimum atomic E-state index is 0.0747. The summed E-state index contributed by atoms with van der Waals surface area (Å²) < 4.78 is 7.33. The van der Waals surface area contributed by atoms with Gasteiger partial charge >= 0.3 is 0 Å². The van der Waals surface area contributed by atoms with Gasteiger partial charge in [0, 0.05) is 31.8 Å². The zero-order valence-electron chi connectivity index (χ0n) is 13.7. The Kier molecular flexibility index (Phi) is 5.35. The quantitative estimate of drug-likeness (QED) is 0.677. The zero-order chi connectivity index (χ0) is 16.8. The lowest BCUT2D eigenvalue weighted by Gasteiger charge is -2.18.